The first-order valence-electron chi connectivity index (χ1n) is 3.24. The van der Waals surface area contributed by atoms with Crippen LogP contribution in [-0.4, -0.2) is 0 Å². The molecule has 0 saturated heterocycles. The summed E-state index contributed by atoms with van der Waals surface area (Å²) >= 11 is 3.09. The Morgan fingerprint density at radius 2 is 2.25 bits per heavy atom. The van der Waals surface area contributed by atoms with Gasteiger partial charge < -0.3 is 0 Å². The van der Waals surface area contributed by atoms with E-state index in [0.29, 0.717) is 0 Å². The lowest BCUT2D eigenvalue weighted by Gasteiger charge is -1.94. The van der Waals surface area contributed by atoms with Gasteiger partial charge in [-0.1, -0.05) is 22.0 Å². The van der Waals surface area contributed by atoms with E-state index in [0.717, 1.165) is 5.56 Å². The van der Waals surface area contributed by atoms with Crippen molar-refractivity contribution in [3.63, 3.8) is 0 Å². The number of nitriles is 1. The zero-order chi connectivity index (χ0) is 8.97. The summed E-state index contributed by atoms with van der Waals surface area (Å²) < 4.78 is 12.8. The highest BCUT2D eigenvalue weighted by molar-refractivity contribution is 9.11. The summed E-state index contributed by atoms with van der Waals surface area (Å²) in [5.74, 6) is -0.482. The molecule has 0 amide bonds. The molecule has 1 nitrogen and oxygen atoms in total. The van der Waals surface area contributed by atoms with E-state index in [2.05, 4.69) is 15.9 Å². The van der Waals surface area contributed by atoms with Crippen LogP contribution in [0.4, 0.5) is 4.39 Å². The summed E-state index contributed by atoms with van der Waals surface area (Å²) in [5, 5.41) is 8.49. The second kappa shape index (κ2) is 4.03. The second-order valence-corrected chi connectivity index (χ2v) is 2.67. The molecule has 0 radical (unpaired) electrons. The van der Waals surface area contributed by atoms with Crippen LogP contribution in [0, 0.1) is 17.1 Å². The summed E-state index contributed by atoms with van der Waals surface area (Å²) in [5.41, 5.74) is 0.864. The molecule has 1 aromatic rings. The monoisotopic (exact) mass is 225 g/mol. The SMILES string of the molecule is N#Cc1cc(/C=C/Br)ccc1F. The van der Waals surface area contributed by atoms with Gasteiger partial charge in [-0.05, 0) is 28.8 Å². The Morgan fingerprint density at radius 3 is 2.83 bits per heavy atom. The number of benzene rings is 1. The van der Waals surface area contributed by atoms with Gasteiger partial charge in [-0.15, -0.1) is 0 Å². The fourth-order valence-corrected chi connectivity index (χ4v) is 1.11. The van der Waals surface area contributed by atoms with Gasteiger partial charge in [0, 0.05) is 0 Å². The van der Waals surface area contributed by atoms with E-state index in [1.54, 1.807) is 23.2 Å². The summed E-state index contributed by atoms with van der Waals surface area (Å²) in [6.07, 6.45) is 1.74. The summed E-state index contributed by atoms with van der Waals surface area (Å²) in [7, 11) is 0. The molecular weight excluding hydrogens is 221 g/mol. The first-order chi connectivity index (χ1) is 5.77. The number of hydrogen-bond acceptors (Lipinski definition) is 1. The Labute approximate surface area is 78.3 Å². The van der Waals surface area contributed by atoms with E-state index in [9.17, 15) is 4.39 Å². The zero-order valence-corrected chi connectivity index (χ0v) is 7.68. The Kier molecular flexibility index (Phi) is 3.01. The molecule has 0 aliphatic heterocycles. The highest BCUT2D eigenvalue weighted by atomic mass is 79.9. The molecule has 3 heteroatoms. The van der Waals surface area contributed by atoms with Gasteiger partial charge in [0.1, 0.15) is 11.9 Å². The minimum Gasteiger partial charge on any atom is -0.206 e. The van der Waals surface area contributed by atoms with E-state index >= 15 is 0 Å². The third-order valence-corrected chi connectivity index (χ3v) is 1.63. The van der Waals surface area contributed by atoms with Gasteiger partial charge in [-0.25, -0.2) is 4.39 Å². The molecule has 0 atom stereocenters. The summed E-state index contributed by atoms with van der Waals surface area (Å²) in [6.45, 7) is 0. The van der Waals surface area contributed by atoms with Gasteiger partial charge in [-0.3, -0.25) is 0 Å². The molecule has 60 valence electrons. The van der Waals surface area contributed by atoms with Gasteiger partial charge in [0.05, 0.1) is 5.56 Å². The van der Waals surface area contributed by atoms with Gasteiger partial charge >= 0.3 is 0 Å². The van der Waals surface area contributed by atoms with Crippen LogP contribution >= 0.6 is 15.9 Å². The van der Waals surface area contributed by atoms with Crippen LogP contribution in [0.1, 0.15) is 11.1 Å². The Balaban J connectivity index is 3.16. The van der Waals surface area contributed by atoms with E-state index in [1.807, 2.05) is 0 Å². The smallest absolute Gasteiger partial charge is 0.140 e. The highest BCUT2D eigenvalue weighted by Crippen LogP contribution is 2.11. The molecule has 0 bridgehead atoms. The third-order valence-electron chi connectivity index (χ3n) is 1.37. The molecule has 1 aromatic carbocycles. The first-order valence-corrected chi connectivity index (χ1v) is 4.16. The molecule has 0 aliphatic carbocycles. The standard InChI is InChI=1S/C9H5BrFN/c10-4-3-7-1-2-9(11)8(5-7)6-12/h1-5H/b4-3+. The van der Waals surface area contributed by atoms with Gasteiger partial charge in [0.2, 0.25) is 0 Å². The van der Waals surface area contributed by atoms with E-state index in [4.69, 9.17) is 5.26 Å². The molecule has 0 spiro atoms. The lowest BCUT2D eigenvalue weighted by atomic mass is 10.1. The average Bonchev–Trinajstić information content (AvgIpc) is 2.09. The van der Waals surface area contributed by atoms with Crippen molar-refractivity contribution in [3.8, 4) is 6.07 Å². The van der Waals surface area contributed by atoms with Crippen LogP contribution in [0.3, 0.4) is 0 Å². The van der Waals surface area contributed by atoms with Gasteiger partial charge in [0.25, 0.3) is 0 Å². The molecule has 0 unspecified atom stereocenters. The van der Waals surface area contributed by atoms with Crippen molar-refractivity contribution in [2.45, 2.75) is 0 Å². The Morgan fingerprint density at radius 1 is 1.50 bits per heavy atom. The minimum absolute atomic E-state index is 0.0677. The number of halogens is 2. The van der Waals surface area contributed by atoms with E-state index in [1.165, 1.54) is 12.1 Å². The van der Waals surface area contributed by atoms with Crippen molar-refractivity contribution in [1.29, 1.82) is 5.26 Å². The summed E-state index contributed by atoms with van der Waals surface area (Å²) in [6, 6.07) is 6.15. The molecule has 0 aromatic heterocycles. The van der Waals surface area contributed by atoms with Gasteiger partial charge in [-0.2, -0.15) is 5.26 Å². The second-order valence-electron chi connectivity index (χ2n) is 2.14. The fourth-order valence-electron chi connectivity index (χ4n) is 0.805. The molecular formula is C9H5BrFN. The lowest BCUT2D eigenvalue weighted by molar-refractivity contribution is 0.624. The van der Waals surface area contributed by atoms with Gasteiger partial charge in [0.15, 0.2) is 0 Å². The number of nitrogens with zero attached hydrogens (tertiary/aromatic N) is 1. The maximum Gasteiger partial charge on any atom is 0.140 e. The minimum atomic E-state index is -0.482. The maximum atomic E-state index is 12.8. The molecule has 0 saturated carbocycles. The van der Waals surface area contributed by atoms with Crippen LogP contribution in [0.5, 0.6) is 0 Å². The number of rotatable bonds is 1. The van der Waals surface area contributed by atoms with Crippen LogP contribution in [-0.2, 0) is 0 Å². The topological polar surface area (TPSA) is 23.8 Å². The largest absolute Gasteiger partial charge is 0.206 e. The molecule has 0 N–H and O–H groups in total. The fraction of sp³-hybridized carbons (Fsp3) is 0. The third kappa shape index (κ3) is 1.93. The Bertz CT molecular complexity index is 352. The van der Waals surface area contributed by atoms with E-state index in [-0.39, 0.29) is 5.56 Å². The van der Waals surface area contributed by atoms with Crippen molar-refractivity contribution in [3.05, 3.63) is 40.1 Å². The van der Waals surface area contributed by atoms with Crippen molar-refractivity contribution in [2.24, 2.45) is 0 Å². The quantitative estimate of drug-likeness (QED) is 0.721. The zero-order valence-electron chi connectivity index (χ0n) is 6.09. The molecule has 0 aliphatic rings. The Hall–Kier alpha value is -1.14. The maximum absolute atomic E-state index is 12.8. The number of hydrogen-bond donors (Lipinski definition) is 0. The van der Waals surface area contributed by atoms with Crippen LogP contribution in [0.25, 0.3) is 6.08 Å². The lowest BCUT2D eigenvalue weighted by Crippen LogP contribution is -1.83. The van der Waals surface area contributed by atoms with Crippen LogP contribution in [0.2, 0.25) is 0 Å². The van der Waals surface area contributed by atoms with Crippen LogP contribution in [0.15, 0.2) is 23.2 Å². The van der Waals surface area contributed by atoms with Crippen molar-refractivity contribution in [1.82, 2.24) is 0 Å². The first kappa shape index (κ1) is 8.95. The van der Waals surface area contributed by atoms with Crippen molar-refractivity contribution >= 4 is 22.0 Å². The highest BCUT2D eigenvalue weighted by Gasteiger charge is 1.99. The average molecular weight is 226 g/mol. The van der Waals surface area contributed by atoms with Crippen LogP contribution < -0.4 is 0 Å². The predicted molar refractivity (Wildman–Crippen MR) is 49.1 cm³/mol. The normalized spacial score (nSPS) is 10.1. The van der Waals surface area contributed by atoms with E-state index < -0.39 is 5.82 Å². The molecule has 0 heterocycles. The van der Waals surface area contributed by atoms with Crippen molar-refractivity contribution < 1.29 is 4.39 Å². The molecule has 1 rings (SSSR count). The molecule has 0 fully saturated rings. The predicted octanol–water partition coefficient (Wildman–Crippen LogP) is 3.06. The van der Waals surface area contributed by atoms with Crippen molar-refractivity contribution in [2.75, 3.05) is 0 Å². The molecule has 12 heavy (non-hydrogen) atoms. The summed E-state index contributed by atoms with van der Waals surface area (Å²) in [4.78, 5) is 1.65.